The summed E-state index contributed by atoms with van der Waals surface area (Å²) >= 11 is 0. The highest BCUT2D eigenvalue weighted by Gasteiger charge is 2.18. The van der Waals surface area contributed by atoms with E-state index in [0.29, 0.717) is 0 Å². The van der Waals surface area contributed by atoms with E-state index in [1.807, 2.05) is 6.07 Å². The van der Waals surface area contributed by atoms with Crippen LogP contribution in [0, 0.1) is 0 Å². The summed E-state index contributed by atoms with van der Waals surface area (Å²) in [4.78, 5) is 14.1. The highest BCUT2D eigenvalue weighted by molar-refractivity contribution is 5.97. The number of benzene rings is 1. The molecule has 0 saturated carbocycles. The van der Waals surface area contributed by atoms with Gasteiger partial charge in [0.05, 0.1) is 0 Å². The summed E-state index contributed by atoms with van der Waals surface area (Å²) in [7, 11) is 0. The molecule has 3 heteroatoms. The monoisotopic (exact) mass is 230 g/mol. The largest absolute Gasteiger partial charge is 0.372 e. The standard InChI is InChI=1S/C14H18N2O/c17-14-13-5-4-12(10-11(13)6-7-15-14)16-8-2-1-3-9-16/h4-5,10H,1-3,6-9H2,(H,15,17). The van der Waals surface area contributed by atoms with Crippen LogP contribution >= 0.6 is 0 Å². The Kier molecular flexibility index (Phi) is 2.75. The number of carbonyl (C=O) groups is 1. The molecule has 0 atom stereocenters. The van der Waals surface area contributed by atoms with Crippen molar-refractivity contribution in [3.63, 3.8) is 0 Å². The quantitative estimate of drug-likeness (QED) is 0.800. The topological polar surface area (TPSA) is 32.3 Å². The summed E-state index contributed by atoms with van der Waals surface area (Å²) in [5, 5.41) is 2.88. The minimum atomic E-state index is 0.0800. The van der Waals surface area contributed by atoms with Crippen molar-refractivity contribution in [3.8, 4) is 0 Å². The number of hydrogen-bond acceptors (Lipinski definition) is 2. The molecule has 2 aliphatic rings. The van der Waals surface area contributed by atoms with Crippen LogP contribution in [0.2, 0.25) is 0 Å². The first-order chi connectivity index (χ1) is 8.34. The van der Waals surface area contributed by atoms with E-state index in [-0.39, 0.29) is 5.91 Å². The van der Waals surface area contributed by atoms with Crippen LogP contribution in [0.4, 0.5) is 5.69 Å². The fraction of sp³-hybridized carbons (Fsp3) is 0.500. The van der Waals surface area contributed by atoms with Gasteiger partial charge in [0, 0.05) is 30.9 Å². The van der Waals surface area contributed by atoms with Crippen molar-refractivity contribution in [2.45, 2.75) is 25.7 Å². The summed E-state index contributed by atoms with van der Waals surface area (Å²) in [6.07, 6.45) is 4.89. The highest BCUT2D eigenvalue weighted by atomic mass is 16.1. The SMILES string of the molecule is O=C1NCCc2cc(N3CCCCC3)ccc21. The zero-order valence-corrected chi connectivity index (χ0v) is 10.0. The van der Waals surface area contributed by atoms with E-state index in [2.05, 4.69) is 22.3 Å². The van der Waals surface area contributed by atoms with Gasteiger partial charge in [-0.25, -0.2) is 0 Å². The Hall–Kier alpha value is -1.51. The molecule has 0 spiro atoms. The van der Waals surface area contributed by atoms with Crippen LogP contribution in [-0.4, -0.2) is 25.5 Å². The van der Waals surface area contributed by atoms with Gasteiger partial charge in [-0.05, 0) is 49.4 Å². The number of piperidine rings is 1. The number of amides is 1. The van der Waals surface area contributed by atoms with Gasteiger partial charge in [-0.1, -0.05) is 0 Å². The van der Waals surface area contributed by atoms with Gasteiger partial charge < -0.3 is 10.2 Å². The van der Waals surface area contributed by atoms with Crippen LogP contribution in [0.5, 0.6) is 0 Å². The van der Waals surface area contributed by atoms with Crippen LogP contribution in [0.3, 0.4) is 0 Å². The van der Waals surface area contributed by atoms with Crippen molar-refractivity contribution < 1.29 is 4.79 Å². The Balaban J connectivity index is 1.89. The molecule has 0 bridgehead atoms. The first-order valence-corrected chi connectivity index (χ1v) is 6.51. The van der Waals surface area contributed by atoms with E-state index in [1.54, 1.807) is 0 Å². The first kappa shape index (κ1) is 10.6. The zero-order valence-electron chi connectivity index (χ0n) is 10.0. The van der Waals surface area contributed by atoms with Crippen molar-refractivity contribution in [3.05, 3.63) is 29.3 Å². The Bertz CT molecular complexity index is 436. The van der Waals surface area contributed by atoms with Gasteiger partial charge in [0.1, 0.15) is 0 Å². The average molecular weight is 230 g/mol. The van der Waals surface area contributed by atoms with Gasteiger partial charge >= 0.3 is 0 Å². The lowest BCUT2D eigenvalue weighted by molar-refractivity contribution is 0.0946. The van der Waals surface area contributed by atoms with Gasteiger partial charge in [0.25, 0.3) is 5.91 Å². The third-order valence-electron chi connectivity index (χ3n) is 3.73. The third kappa shape index (κ3) is 2.02. The maximum Gasteiger partial charge on any atom is 0.251 e. The lowest BCUT2D eigenvalue weighted by Crippen LogP contribution is -2.33. The molecule has 17 heavy (non-hydrogen) atoms. The predicted octanol–water partition coefficient (Wildman–Crippen LogP) is 1.96. The number of anilines is 1. The fourth-order valence-electron chi connectivity index (χ4n) is 2.76. The maximum atomic E-state index is 11.6. The smallest absolute Gasteiger partial charge is 0.251 e. The number of nitrogens with zero attached hydrogens (tertiary/aromatic N) is 1. The Morgan fingerprint density at radius 1 is 1.12 bits per heavy atom. The Labute approximate surface area is 102 Å². The van der Waals surface area contributed by atoms with Crippen LogP contribution in [-0.2, 0) is 6.42 Å². The molecule has 2 heterocycles. The zero-order chi connectivity index (χ0) is 11.7. The normalized spacial score (nSPS) is 19.8. The summed E-state index contributed by atoms with van der Waals surface area (Å²) in [6, 6.07) is 6.28. The Morgan fingerprint density at radius 2 is 1.94 bits per heavy atom. The minimum absolute atomic E-state index is 0.0800. The predicted molar refractivity (Wildman–Crippen MR) is 68.5 cm³/mol. The lowest BCUT2D eigenvalue weighted by Gasteiger charge is -2.30. The number of nitrogens with one attached hydrogen (secondary N) is 1. The number of hydrogen-bond donors (Lipinski definition) is 1. The molecule has 1 aromatic rings. The molecule has 0 radical (unpaired) electrons. The minimum Gasteiger partial charge on any atom is -0.372 e. The third-order valence-corrected chi connectivity index (χ3v) is 3.73. The first-order valence-electron chi connectivity index (χ1n) is 6.51. The molecular weight excluding hydrogens is 212 g/mol. The molecule has 1 saturated heterocycles. The van der Waals surface area contributed by atoms with Gasteiger partial charge in [-0.2, -0.15) is 0 Å². The van der Waals surface area contributed by atoms with Crippen molar-refractivity contribution in [2.24, 2.45) is 0 Å². The molecule has 2 aliphatic heterocycles. The van der Waals surface area contributed by atoms with Gasteiger partial charge in [0.2, 0.25) is 0 Å². The number of carbonyl (C=O) groups excluding carboxylic acids is 1. The van der Waals surface area contributed by atoms with Crippen LogP contribution in [0.1, 0.15) is 35.2 Å². The molecule has 0 aromatic heterocycles. The summed E-state index contributed by atoms with van der Waals surface area (Å²) in [5.74, 6) is 0.0800. The van der Waals surface area contributed by atoms with Crippen molar-refractivity contribution in [2.75, 3.05) is 24.5 Å². The van der Waals surface area contributed by atoms with E-state index in [1.165, 1.54) is 30.5 Å². The Morgan fingerprint density at radius 3 is 2.76 bits per heavy atom. The molecule has 0 unspecified atom stereocenters. The van der Waals surface area contributed by atoms with Crippen molar-refractivity contribution >= 4 is 11.6 Å². The van der Waals surface area contributed by atoms with E-state index in [4.69, 9.17) is 0 Å². The second-order valence-electron chi connectivity index (χ2n) is 4.90. The number of fused-ring (bicyclic) bond motifs is 1. The molecule has 3 nitrogen and oxygen atoms in total. The summed E-state index contributed by atoms with van der Waals surface area (Å²) in [6.45, 7) is 3.09. The fourth-order valence-corrected chi connectivity index (χ4v) is 2.76. The second-order valence-corrected chi connectivity index (χ2v) is 4.90. The molecule has 1 fully saturated rings. The maximum absolute atomic E-state index is 11.6. The molecule has 1 aromatic carbocycles. The molecule has 1 N–H and O–H groups in total. The molecule has 3 rings (SSSR count). The lowest BCUT2D eigenvalue weighted by atomic mass is 9.99. The summed E-state index contributed by atoms with van der Waals surface area (Å²) in [5.41, 5.74) is 3.35. The van der Waals surface area contributed by atoms with E-state index in [9.17, 15) is 4.79 Å². The number of rotatable bonds is 1. The van der Waals surface area contributed by atoms with E-state index >= 15 is 0 Å². The second kappa shape index (κ2) is 4.40. The molecular formula is C14H18N2O. The highest BCUT2D eigenvalue weighted by Crippen LogP contribution is 2.24. The van der Waals surface area contributed by atoms with E-state index < -0.39 is 0 Å². The van der Waals surface area contributed by atoms with Gasteiger partial charge in [0.15, 0.2) is 0 Å². The van der Waals surface area contributed by atoms with Gasteiger partial charge in [-0.3, -0.25) is 4.79 Å². The van der Waals surface area contributed by atoms with Crippen molar-refractivity contribution in [1.29, 1.82) is 0 Å². The summed E-state index contributed by atoms with van der Waals surface area (Å²) < 4.78 is 0. The average Bonchev–Trinajstić information content (AvgIpc) is 2.40. The van der Waals surface area contributed by atoms with Crippen LogP contribution in [0.25, 0.3) is 0 Å². The van der Waals surface area contributed by atoms with Crippen LogP contribution < -0.4 is 10.2 Å². The molecule has 1 amide bonds. The van der Waals surface area contributed by atoms with Crippen molar-refractivity contribution in [1.82, 2.24) is 5.32 Å². The van der Waals surface area contributed by atoms with Gasteiger partial charge in [-0.15, -0.1) is 0 Å². The van der Waals surface area contributed by atoms with Crippen LogP contribution in [0.15, 0.2) is 18.2 Å². The van der Waals surface area contributed by atoms with E-state index in [0.717, 1.165) is 31.6 Å². The molecule has 90 valence electrons. The molecule has 0 aliphatic carbocycles.